The highest BCUT2D eigenvalue weighted by atomic mass is 35.5. The van der Waals surface area contributed by atoms with Crippen LogP contribution in [0, 0.1) is 0 Å². The van der Waals surface area contributed by atoms with Gasteiger partial charge in [-0.15, -0.1) is 0 Å². The van der Waals surface area contributed by atoms with Crippen LogP contribution in [-0.2, 0) is 0 Å². The minimum atomic E-state index is -0.981. The molecular formula is C20H12ClNO2. The molecule has 0 saturated carbocycles. The second kappa shape index (κ2) is 5.62. The second-order valence-corrected chi connectivity index (χ2v) is 5.96. The Kier molecular flexibility index (Phi) is 3.44. The molecule has 0 bridgehead atoms. The van der Waals surface area contributed by atoms with Crippen LogP contribution >= 0.6 is 11.6 Å². The number of carboxylic acids is 1. The molecule has 4 heteroatoms. The van der Waals surface area contributed by atoms with Gasteiger partial charge >= 0.3 is 5.97 Å². The Bertz CT molecular complexity index is 1110. The van der Waals surface area contributed by atoms with Gasteiger partial charge in [-0.25, -0.2) is 9.78 Å². The van der Waals surface area contributed by atoms with E-state index in [1.807, 2.05) is 54.6 Å². The topological polar surface area (TPSA) is 50.2 Å². The summed E-state index contributed by atoms with van der Waals surface area (Å²) < 4.78 is 0. The Morgan fingerprint density at radius 2 is 1.58 bits per heavy atom. The Labute approximate surface area is 143 Å². The number of hydrogen-bond acceptors (Lipinski definition) is 2. The smallest absolute Gasteiger partial charge is 0.336 e. The van der Waals surface area contributed by atoms with E-state index in [0.717, 1.165) is 16.3 Å². The molecule has 4 aromatic rings. The lowest BCUT2D eigenvalue weighted by Gasteiger charge is -2.09. The molecule has 0 aliphatic heterocycles. The monoisotopic (exact) mass is 333 g/mol. The first-order chi connectivity index (χ1) is 11.6. The van der Waals surface area contributed by atoms with Gasteiger partial charge in [0.1, 0.15) is 0 Å². The number of aromatic nitrogens is 1. The van der Waals surface area contributed by atoms with Crippen molar-refractivity contribution in [2.24, 2.45) is 0 Å². The largest absolute Gasteiger partial charge is 0.478 e. The lowest BCUT2D eigenvalue weighted by molar-refractivity contribution is 0.0699. The van der Waals surface area contributed by atoms with Gasteiger partial charge in [-0.2, -0.15) is 0 Å². The average molecular weight is 334 g/mol. The number of carboxylic acid groups (broad SMARTS) is 1. The minimum absolute atomic E-state index is 0.223. The van der Waals surface area contributed by atoms with E-state index >= 15 is 0 Å². The molecule has 1 N–H and O–H groups in total. The summed E-state index contributed by atoms with van der Waals surface area (Å²) in [6.07, 6.45) is 0. The van der Waals surface area contributed by atoms with Crippen LogP contribution in [0.2, 0.25) is 5.02 Å². The maximum absolute atomic E-state index is 11.8. The van der Waals surface area contributed by atoms with E-state index in [-0.39, 0.29) is 5.56 Å². The van der Waals surface area contributed by atoms with Crippen molar-refractivity contribution in [3.8, 4) is 11.3 Å². The first-order valence-corrected chi connectivity index (χ1v) is 7.83. The SMILES string of the molecule is O=C(O)c1cc(-c2ccccc2Cl)nc2cc3ccccc3cc12. The maximum atomic E-state index is 11.8. The van der Waals surface area contributed by atoms with Crippen molar-refractivity contribution < 1.29 is 9.90 Å². The lowest BCUT2D eigenvalue weighted by atomic mass is 10.0. The quantitative estimate of drug-likeness (QED) is 0.499. The zero-order valence-corrected chi connectivity index (χ0v) is 13.3. The fourth-order valence-corrected chi connectivity index (χ4v) is 3.13. The normalized spacial score (nSPS) is 11.0. The molecular weight excluding hydrogens is 322 g/mol. The van der Waals surface area contributed by atoms with Crippen molar-refractivity contribution >= 4 is 39.2 Å². The zero-order valence-electron chi connectivity index (χ0n) is 12.5. The molecule has 1 heterocycles. The summed E-state index contributed by atoms with van der Waals surface area (Å²) in [6.45, 7) is 0. The van der Waals surface area contributed by atoms with Crippen LogP contribution in [0.15, 0.2) is 66.7 Å². The Morgan fingerprint density at radius 3 is 2.29 bits per heavy atom. The highest BCUT2D eigenvalue weighted by molar-refractivity contribution is 6.33. The van der Waals surface area contributed by atoms with Gasteiger partial charge in [0, 0.05) is 16.0 Å². The van der Waals surface area contributed by atoms with Gasteiger partial charge < -0.3 is 5.11 Å². The van der Waals surface area contributed by atoms with Gasteiger partial charge in [-0.1, -0.05) is 54.1 Å². The summed E-state index contributed by atoms with van der Waals surface area (Å²) in [5.41, 5.74) is 2.14. The molecule has 0 radical (unpaired) electrons. The number of nitrogens with zero attached hydrogens (tertiary/aromatic N) is 1. The second-order valence-electron chi connectivity index (χ2n) is 5.56. The summed E-state index contributed by atoms with van der Waals surface area (Å²) >= 11 is 6.25. The van der Waals surface area contributed by atoms with E-state index in [1.54, 1.807) is 12.1 Å². The van der Waals surface area contributed by atoms with Gasteiger partial charge in [0.25, 0.3) is 0 Å². The standard InChI is InChI=1S/C20H12ClNO2/c21-17-8-4-3-7-14(17)19-11-16(20(23)24)15-9-12-5-1-2-6-13(12)10-18(15)22-19/h1-11H,(H,23,24). The summed E-state index contributed by atoms with van der Waals surface area (Å²) in [6, 6.07) is 20.5. The average Bonchev–Trinajstić information content (AvgIpc) is 2.59. The van der Waals surface area contributed by atoms with Crippen LogP contribution < -0.4 is 0 Å². The number of aromatic carboxylic acids is 1. The summed E-state index contributed by atoms with van der Waals surface area (Å²) in [5, 5.41) is 12.8. The molecule has 0 atom stereocenters. The molecule has 0 saturated heterocycles. The zero-order chi connectivity index (χ0) is 16.7. The molecule has 0 fully saturated rings. The number of halogens is 1. The molecule has 0 unspecified atom stereocenters. The molecule has 1 aromatic heterocycles. The predicted molar refractivity (Wildman–Crippen MR) is 96.7 cm³/mol. The van der Waals surface area contributed by atoms with Crippen molar-refractivity contribution in [1.82, 2.24) is 4.98 Å². The van der Waals surface area contributed by atoms with Crippen molar-refractivity contribution in [3.63, 3.8) is 0 Å². The first-order valence-electron chi connectivity index (χ1n) is 7.45. The molecule has 0 spiro atoms. The number of rotatable bonds is 2. The van der Waals surface area contributed by atoms with Crippen LogP contribution in [0.5, 0.6) is 0 Å². The summed E-state index contributed by atoms with van der Waals surface area (Å²) in [5.74, 6) is -0.981. The van der Waals surface area contributed by atoms with Gasteiger partial charge in [0.15, 0.2) is 0 Å². The lowest BCUT2D eigenvalue weighted by Crippen LogP contribution is -2.00. The third-order valence-electron chi connectivity index (χ3n) is 4.06. The van der Waals surface area contributed by atoms with Crippen LogP contribution in [-0.4, -0.2) is 16.1 Å². The number of benzene rings is 3. The van der Waals surface area contributed by atoms with E-state index in [4.69, 9.17) is 11.6 Å². The molecule has 3 nitrogen and oxygen atoms in total. The van der Waals surface area contributed by atoms with Gasteiger partial charge in [-0.3, -0.25) is 0 Å². The summed E-state index contributed by atoms with van der Waals surface area (Å²) in [7, 11) is 0. The number of fused-ring (bicyclic) bond motifs is 2. The fraction of sp³-hybridized carbons (Fsp3) is 0. The van der Waals surface area contributed by atoms with E-state index in [2.05, 4.69) is 4.98 Å². The van der Waals surface area contributed by atoms with Gasteiger partial charge in [0.2, 0.25) is 0 Å². The number of hydrogen-bond donors (Lipinski definition) is 1. The van der Waals surface area contributed by atoms with Crippen molar-refractivity contribution in [2.45, 2.75) is 0 Å². The Hall–Kier alpha value is -2.91. The number of pyridine rings is 1. The maximum Gasteiger partial charge on any atom is 0.336 e. The fourth-order valence-electron chi connectivity index (χ4n) is 2.90. The van der Waals surface area contributed by atoms with Gasteiger partial charge in [0.05, 0.1) is 16.8 Å². The first kappa shape index (κ1) is 14.7. The highest BCUT2D eigenvalue weighted by Gasteiger charge is 2.15. The van der Waals surface area contributed by atoms with Crippen LogP contribution in [0.1, 0.15) is 10.4 Å². The van der Waals surface area contributed by atoms with E-state index in [0.29, 0.717) is 21.6 Å². The number of carbonyl (C=O) groups is 1. The van der Waals surface area contributed by atoms with Crippen LogP contribution in [0.25, 0.3) is 32.9 Å². The van der Waals surface area contributed by atoms with Crippen molar-refractivity contribution in [2.75, 3.05) is 0 Å². The molecule has 0 aliphatic rings. The van der Waals surface area contributed by atoms with Crippen molar-refractivity contribution in [3.05, 3.63) is 77.3 Å². The van der Waals surface area contributed by atoms with E-state index in [1.165, 1.54) is 0 Å². The molecule has 3 aromatic carbocycles. The highest BCUT2D eigenvalue weighted by Crippen LogP contribution is 2.31. The minimum Gasteiger partial charge on any atom is -0.478 e. The molecule has 4 rings (SSSR count). The molecule has 0 amide bonds. The Balaban J connectivity index is 2.09. The third-order valence-corrected chi connectivity index (χ3v) is 4.39. The molecule has 116 valence electrons. The van der Waals surface area contributed by atoms with Gasteiger partial charge in [-0.05, 0) is 35.0 Å². The summed E-state index contributed by atoms with van der Waals surface area (Å²) in [4.78, 5) is 16.4. The van der Waals surface area contributed by atoms with Crippen molar-refractivity contribution in [1.29, 1.82) is 0 Å². The third kappa shape index (κ3) is 2.39. The molecule has 0 aliphatic carbocycles. The van der Waals surface area contributed by atoms with Crippen LogP contribution in [0.3, 0.4) is 0 Å². The van der Waals surface area contributed by atoms with E-state index < -0.39 is 5.97 Å². The molecule has 24 heavy (non-hydrogen) atoms. The Morgan fingerprint density at radius 1 is 0.917 bits per heavy atom. The van der Waals surface area contributed by atoms with E-state index in [9.17, 15) is 9.90 Å². The van der Waals surface area contributed by atoms with Crippen LogP contribution in [0.4, 0.5) is 0 Å². The predicted octanol–water partition coefficient (Wildman–Crippen LogP) is 5.41.